The first-order valence-electron chi connectivity index (χ1n) is 11.7. The summed E-state index contributed by atoms with van der Waals surface area (Å²) in [6.45, 7) is 4.49. The van der Waals surface area contributed by atoms with Gasteiger partial charge in [0.1, 0.15) is 0 Å². The number of hydrogen-bond donors (Lipinski definition) is 1. The van der Waals surface area contributed by atoms with Crippen molar-refractivity contribution in [1.82, 2.24) is 14.5 Å². The fraction of sp³-hybridized carbons (Fsp3) is 0.480. The van der Waals surface area contributed by atoms with Gasteiger partial charge in [0.05, 0.1) is 10.8 Å². The summed E-state index contributed by atoms with van der Waals surface area (Å²) in [5.74, 6) is -0.393. The van der Waals surface area contributed by atoms with E-state index < -0.39 is 10.0 Å². The van der Waals surface area contributed by atoms with E-state index in [4.69, 9.17) is 0 Å². The Morgan fingerprint density at radius 3 is 2.28 bits per heavy atom. The molecule has 2 aliphatic rings. The van der Waals surface area contributed by atoms with Gasteiger partial charge in [-0.05, 0) is 62.0 Å². The Kier molecular flexibility index (Phi) is 7.60. The normalized spacial score (nSPS) is 20.7. The van der Waals surface area contributed by atoms with Crippen LogP contribution in [0.5, 0.6) is 0 Å². The first-order chi connectivity index (χ1) is 15.5. The van der Waals surface area contributed by atoms with E-state index in [0.29, 0.717) is 25.9 Å². The second kappa shape index (κ2) is 10.6. The summed E-state index contributed by atoms with van der Waals surface area (Å²) < 4.78 is 27.3. The summed E-state index contributed by atoms with van der Waals surface area (Å²) in [6.07, 6.45) is 5.31. The quantitative estimate of drug-likeness (QED) is 0.695. The predicted octanol–water partition coefficient (Wildman–Crippen LogP) is 3.39. The highest BCUT2D eigenvalue weighted by Gasteiger charge is 2.33. The minimum absolute atomic E-state index is 0.0737. The van der Waals surface area contributed by atoms with Crippen molar-refractivity contribution in [3.63, 3.8) is 0 Å². The van der Waals surface area contributed by atoms with Gasteiger partial charge in [0, 0.05) is 26.2 Å². The molecule has 6 nitrogen and oxygen atoms in total. The summed E-state index contributed by atoms with van der Waals surface area (Å²) >= 11 is 0. The Balaban J connectivity index is 1.29. The summed E-state index contributed by atoms with van der Waals surface area (Å²) in [5, 5.41) is 3.01. The molecule has 2 aliphatic heterocycles. The summed E-state index contributed by atoms with van der Waals surface area (Å²) in [7, 11) is -3.56. The molecule has 1 unspecified atom stereocenters. The Morgan fingerprint density at radius 1 is 0.875 bits per heavy atom. The number of nitrogens with zero attached hydrogens (tertiary/aromatic N) is 2. The number of amides is 1. The number of carbonyl (C=O) groups excluding carboxylic acids is 1. The molecule has 0 saturated carbocycles. The number of hydrogen-bond acceptors (Lipinski definition) is 4. The summed E-state index contributed by atoms with van der Waals surface area (Å²) in [6, 6.07) is 16.9. The largest absolute Gasteiger partial charge is 0.352 e. The maximum atomic E-state index is 12.9. The molecule has 0 radical (unpaired) electrons. The Labute approximate surface area is 191 Å². The van der Waals surface area contributed by atoms with E-state index >= 15 is 0 Å². The number of piperidine rings is 2. The standard InChI is InChI=1S/C25H33N3O3S/c29-25(23-8-7-17-28(20-23)32(30,31)24-9-3-1-4-10-24)26-18-21-11-13-22(14-12-21)19-27-15-5-2-6-16-27/h1,3-4,9-14,23H,2,5-8,15-20H2,(H,26,29). The number of likely N-dealkylation sites (tertiary alicyclic amines) is 1. The molecule has 2 heterocycles. The van der Waals surface area contributed by atoms with Gasteiger partial charge in [-0.3, -0.25) is 9.69 Å². The van der Waals surface area contributed by atoms with Crippen LogP contribution in [0.3, 0.4) is 0 Å². The summed E-state index contributed by atoms with van der Waals surface area (Å²) in [5.41, 5.74) is 2.36. The number of sulfonamides is 1. The van der Waals surface area contributed by atoms with E-state index in [1.54, 1.807) is 30.3 Å². The molecule has 7 heteroatoms. The Hall–Kier alpha value is -2.22. The van der Waals surface area contributed by atoms with Crippen LogP contribution in [0.15, 0.2) is 59.5 Å². The fourth-order valence-corrected chi connectivity index (χ4v) is 6.13. The highest BCUT2D eigenvalue weighted by atomic mass is 32.2. The van der Waals surface area contributed by atoms with E-state index in [2.05, 4.69) is 34.5 Å². The highest BCUT2D eigenvalue weighted by Crippen LogP contribution is 2.24. The molecule has 1 N–H and O–H groups in total. The van der Waals surface area contributed by atoms with Crippen molar-refractivity contribution < 1.29 is 13.2 Å². The van der Waals surface area contributed by atoms with Crippen molar-refractivity contribution in [3.05, 3.63) is 65.7 Å². The van der Waals surface area contributed by atoms with Crippen LogP contribution in [-0.2, 0) is 27.9 Å². The van der Waals surface area contributed by atoms with Crippen molar-refractivity contribution in [2.75, 3.05) is 26.2 Å². The van der Waals surface area contributed by atoms with Crippen molar-refractivity contribution in [1.29, 1.82) is 0 Å². The van der Waals surface area contributed by atoms with Crippen LogP contribution in [0.4, 0.5) is 0 Å². The third-order valence-corrected chi connectivity index (χ3v) is 8.36. The minimum Gasteiger partial charge on any atom is -0.352 e. The topological polar surface area (TPSA) is 69.7 Å². The zero-order valence-electron chi connectivity index (χ0n) is 18.6. The average Bonchev–Trinajstić information content (AvgIpc) is 2.85. The number of carbonyl (C=O) groups is 1. The Morgan fingerprint density at radius 2 is 1.56 bits per heavy atom. The lowest BCUT2D eigenvalue weighted by atomic mass is 9.98. The molecule has 0 aliphatic carbocycles. The molecule has 2 fully saturated rings. The molecule has 1 atom stereocenters. The van der Waals surface area contributed by atoms with Crippen LogP contribution in [0.1, 0.15) is 43.2 Å². The zero-order valence-corrected chi connectivity index (χ0v) is 19.4. The first-order valence-corrected chi connectivity index (χ1v) is 13.1. The van der Waals surface area contributed by atoms with E-state index in [1.807, 2.05) is 0 Å². The third-order valence-electron chi connectivity index (χ3n) is 6.48. The molecule has 172 valence electrons. The third kappa shape index (κ3) is 5.77. The molecule has 2 aromatic carbocycles. The molecule has 2 saturated heterocycles. The molecule has 0 spiro atoms. The minimum atomic E-state index is -3.56. The SMILES string of the molecule is O=C(NCc1ccc(CN2CCCCC2)cc1)C1CCCN(S(=O)(=O)c2ccccc2)C1. The van der Waals surface area contributed by atoms with Gasteiger partial charge < -0.3 is 5.32 Å². The van der Waals surface area contributed by atoms with E-state index in [1.165, 1.54) is 42.2 Å². The average molecular weight is 456 g/mol. The van der Waals surface area contributed by atoms with Crippen molar-refractivity contribution in [2.24, 2.45) is 5.92 Å². The van der Waals surface area contributed by atoms with Crippen LogP contribution in [0, 0.1) is 5.92 Å². The first kappa shape index (κ1) is 23.0. The van der Waals surface area contributed by atoms with Crippen molar-refractivity contribution >= 4 is 15.9 Å². The van der Waals surface area contributed by atoms with Gasteiger partial charge in [-0.15, -0.1) is 0 Å². The number of benzene rings is 2. The number of nitrogens with one attached hydrogen (secondary N) is 1. The lowest BCUT2D eigenvalue weighted by molar-refractivity contribution is -0.126. The van der Waals surface area contributed by atoms with Crippen LogP contribution in [0.25, 0.3) is 0 Å². The molecular weight excluding hydrogens is 422 g/mol. The fourth-order valence-electron chi connectivity index (χ4n) is 4.59. The second-order valence-electron chi connectivity index (χ2n) is 8.89. The van der Waals surface area contributed by atoms with Crippen LogP contribution < -0.4 is 5.32 Å². The van der Waals surface area contributed by atoms with E-state index in [0.717, 1.165) is 12.1 Å². The van der Waals surface area contributed by atoms with Crippen LogP contribution in [0.2, 0.25) is 0 Å². The van der Waals surface area contributed by atoms with Gasteiger partial charge in [-0.2, -0.15) is 4.31 Å². The highest BCUT2D eigenvalue weighted by molar-refractivity contribution is 7.89. The monoisotopic (exact) mass is 455 g/mol. The zero-order chi connectivity index (χ0) is 22.4. The van der Waals surface area contributed by atoms with Gasteiger partial charge in [0.2, 0.25) is 15.9 Å². The van der Waals surface area contributed by atoms with Gasteiger partial charge in [-0.1, -0.05) is 48.9 Å². The van der Waals surface area contributed by atoms with Crippen LogP contribution in [-0.4, -0.2) is 49.7 Å². The van der Waals surface area contributed by atoms with E-state index in [9.17, 15) is 13.2 Å². The van der Waals surface area contributed by atoms with Gasteiger partial charge in [0.25, 0.3) is 0 Å². The second-order valence-corrected chi connectivity index (χ2v) is 10.8. The molecule has 0 bridgehead atoms. The van der Waals surface area contributed by atoms with Crippen molar-refractivity contribution in [2.45, 2.75) is 50.1 Å². The molecule has 1 amide bonds. The maximum absolute atomic E-state index is 12.9. The molecular formula is C25H33N3O3S. The maximum Gasteiger partial charge on any atom is 0.243 e. The van der Waals surface area contributed by atoms with Crippen LogP contribution >= 0.6 is 0 Å². The van der Waals surface area contributed by atoms with Gasteiger partial charge in [-0.25, -0.2) is 8.42 Å². The van der Waals surface area contributed by atoms with E-state index in [-0.39, 0.29) is 23.3 Å². The smallest absolute Gasteiger partial charge is 0.243 e. The Bertz CT molecular complexity index is 987. The summed E-state index contributed by atoms with van der Waals surface area (Å²) in [4.78, 5) is 15.6. The lowest BCUT2D eigenvalue weighted by Crippen LogP contribution is -2.45. The molecule has 2 aromatic rings. The molecule has 32 heavy (non-hydrogen) atoms. The lowest BCUT2D eigenvalue weighted by Gasteiger charge is -2.31. The molecule has 4 rings (SSSR count). The predicted molar refractivity (Wildman–Crippen MR) is 125 cm³/mol. The molecule has 0 aromatic heterocycles. The van der Waals surface area contributed by atoms with Crippen molar-refractivity contribution in [3.8, 4) is 0 Å². The van der Waals surface area contributed by atoms with Gasteiger partial charge in [0.15, 0.2) is 0 Å². The van der Waals surface area contributed by atoms with Gasteiger partial charge >= 0.3 is 0 Å². The number of rotatable bonds is 7.